The zero-order valence-corrected chi connectivity index (χ0v) is 11.6. The Morgan fingerprint density at radius 1 is 1.35 bits per heavy atom. The molecule has 0 saturated carbocycles. The Morgan fingerprint density at radius 3 is 2.65 bits per heavy atom. The minimum atomic E-state index is 0.294. The van der Waals surface area contributed by atoms with Gasteiger partial charge in [0.05, 0.1) is 0 Å². The average molecular weight is 240 g/mol. The monoisotopic (exact) mass is 240 g/mol. The van der Waals surface area contributed by atoms with Crippen molar-refractivity contribution in [1.29, 1.82) is 0 Å². The van der Waals surface area contributed by atoms with E-state index in [0.717, 1.165) is 25.8 Å². The van der Waals surface area contributed by atoms with Gasteiger partial charge in [0, 0.05) is 25.6 Å². The van der Waals surface area contributed by atoms with Crippen molar-refractivity contribution < 1.29 is 4.79 Å². The van der Waals surface area contributed by atoms with Crippen molar-refractivity contribution in [2.45, 2.75) is 58.9 Å². The molecule has 3 heteroatoms. The van der Waals surface area contributed by atoms with E-state index in [1.54, 1.807) is 0 Å². The average Bonchev–Trinajstić information content (AvgIpc) is 2.27. The van der Waals surface area contributed by atoms with E-state index in [2.05, 4.69) is 20.8 Å². The lowest BCUT2D eigenvalue weighted by Gasteiger charge is -2.35. The van der Waals surface area contributed by atoms with E-state index in [0.29, 0.717) is 36.8 Å². The van der Waals surface area contributed by atoms with Gasteiger partial charge >= 0.3 is 0 Å². The molecule has 0 aromatic carbocycles. The molecule has 0 aromatic rings. The highest BCUT2D eigenvalue weighted by molar-refractivity contribution is 5.76. The number of piperidine rings is 1. The fraction of sp³-hybridized carbons (Fsp3) is 0.929. The molecule has 2 unspecified atom stereocenters. The first-order valence-electron chi connectivity index (χ1n) is 7.04. The van der Waals surface area contributed by atoms with E-state index in [-0.39, 0.29) is 0 Å². The van der Waals surface area contributed by atoms with Crippen LogP contribution in [-0.4, -0.2) is 29.9 Å². The van der Waals surface area contributed by atoms with Crippen LogP contribution >= 0.6 is 0 Å². The molecular weight excluding hydrogens is 212 g/mol. The summed E-state index contributed by atoms with van der Waals surface area (Å²) in [6, 6.07) is 0.294. The third-order valence-corrected chi connectivity index (χ3v) is 3.62. The molecule has 100 valence electrons. The van der Waals surface area contributed by atoms with Gasteiger partial charge in [-0.3, -0.25) is 4.79 Å². The summed E-state index contributed by atoms with van der Waals surface area (Å²) < 4.78 is 0. The maximum Gasteiger partial charge on any atom is 0.223 e. The molecule has 1 fully saturated rings. The summed E-state index contributed by atoms with van der Waals surface area (Å²) in [4.78, 5) is 14.3. The second-order valence-corrected chi connectivity index (χ2v) is 5.91. The number of carbonyl (C=O) groups is 1. The molecule has 2 atom stereocenters. The predicted octanol–water partition coefficient (Wildman–Crippen LogP) is 2.40. The standard InChI is InChI=1S/C14H28N2O/c1-11(2)8-12(3)9-14(17)16-7-5-4-6-13(16)10-15/h11-13H,4-10,15H2,1-3H3. The number of hydrogen-bond donors (Lipinski definition) is 1. The summed E-state index contributed by atoms with van der Waals surface area (Å²) in [5.41, 5.74) is 5.75. The number of nitrogens with zero attached hydrogens (tertiary/aromatic N) is 1. The fourth-order valence-corrected chi connectivity index (χ4v) is 2.88. The van der Waals surface area contributed by atoms with Gasteiger partial charge in [0.1, 0.15) is 0 Å². The lowest BCUT2D eigenvalue weighted by Crippen LogP contribution is -2.47. The van der Waals surface area contributed by atoms with Crippen molar-refractivity contribution in [3.8, 4) is 0 Å². The molecule has 1 aliphatic rings. The van der Waals surface area contributed by atoms with Gasteiger partial charge in [-0.15, -0.1) is 0 Å². The summed E-state index contributed by atoms with van der Waals surface area (Å²) in [5, 5.41) is 0. The Labute approximate surface area is 106 Å². The van der Waals surface area contributed by atoms with Gasteiger partial charge in [-0.05, 0) is 37.5 Å². The molecule has 0 aromatic heterocycles. The van der Waals surface area contributed by atoms with E-state index < -0.39 is 0 Å². The molecule has 2 N–H and O–H groups in total. The SMILES string of the molecule is CC(C)CC(C)CC(=O)N1CCCCC1CN. The molecule has 17 heavy (non-hydrogen) atoms. The second-order valence-electron chi connectivity index (χ2n) is 5.91. The van der Waals surface area contributed by atoms with Crippen molar-refractivity contribution >= 4 is 5.91 Å². The minimum absolute atomic E-state index is 0.294. The van der Waals surface area contributed by atoms with Crippen LogP contribution in [0.2, 0.25) is 0 Å². The molecule has 1 amide bonds. The van der Waals surface area contributed by atoms with Crippen LogP contribution in [0, 0.1) is 11.8 Å². The van der Waals surface area contributed by atoms with Crippen LogP contribution < -0.4 is 5.73 Å². The first-order valence-corrected chi connectivity index (χ1v) is 7.04. The predicted molar refractivity (Wildman–Crippen MR) is 71.6 cm³/mol. The summed E-state index contributed by atoms with van der Waals surface area (Å²) in [7, 11) is 0. The molecule has 0 aliphatic carbocycles. The van der Waals surface area contributed by atoms with Gasteiger partial charge in [0.2, 0.25) is 5.91 Å². The van der Waals surface area contributed by atoms with Gasteiger partial charge in [-0.25, -0.2) is 0 Å². The van der Waals surface area contributed by atoms with E-state index >= 15 is 0 Å². The van der Waals surface area contributed by atoms with Crippen molar-refractivity contribution in [2.24, 2.45) is 17.6 Å². The summed E-state index contributed by atoms with van der Waals surface area (Å²) in [6.07, 6.45) is 5.26. The minimum Gasteiger partial charge on any atom is -0.338 e. The molecule has 1 saturated heterocycles. The van der Waals surface area contributed by atoms with Gasteiger partial charge in [-0.1, -0.05) is 20.8 Å². The zero-order valence-electron chi connectivity index (χ0n) is 11.6. The Morgan fingerprint density at radius 2 is 2.06 bits per heavy atom. The van der Waals surface area contributed by atoms with Crippen LogP contribution in [0.25, 0.3) is 0 Å². The smallest absolute Gasteiger partial charge is 0.223 e. The molecule has 0 radical (unpaired) electrons. The molecule has 0 spiro atoms. The van der Waals surface area contributed by atoms with Crippen LogP contribution in [0.15, 0.2) is 0 Å². The van der Waals surface area contributed by atoms with Crippen LogP contribution in [0.4, 0.5) is 0 Å². The number of rotatable bonds is 5. The molecule has 1 aliphatic heterocycles. The number of nitrogens with two attached hydrogens (primary N) is 1. The van der Waals surface area contributed by atoms with E-state index in [4.69, 9.17) is 5.73 Å². The van der Waals surface area contributed by atoms with Gasteiger partial charge in [-0.2, -0.15) is 0 Å². The van der Waals surface area contributed by atoms with Crippen molar-refractivity contribution in [3.63, 3.8) is 0 Å². The second kappa shape index (κ2) is 7.00. The van der Waals surface area contributed by atoms with Gasteiger partial charge < -0.3 is 10.6 Å². The molecule has 1 rings (SSSR count). The highest BCUT2D eigenvalue weighted by Gasteiger charge is 2.26. The molecule has 1 heterocycles. The van der Waals surface area contributed by atoms with E-state index in [9.17, 15) is 4.79 Å². The Bertz CT molecular complexity index is 240. The summed E-state index contributed by atoms with van der Waals surface area (Å²) >= 11 is 0. The quantitative estimate of drug-likeness (QED) is 0.802. The Kier molecular flexibility index (Phi) is 5.96. The highest BCUT2D eigenvalue weighted by Crippen LogP contribution is 2.21. The third kappa shape index (κ3) is 4.66. The molecular formula is C14H28N2O. The van der Waals surface area contributed by atoms with Crippen molar-refractivity contribution in [3.05, 3.63) is 0 Å². The van der Waals surface area contributed by atoms with Crippen LogP contribution in [0.5, 0.6) is 0 Å². The highest BCUT2D eigenvalue weighted by atomic mass is 16.2. The first-order chi connectivity index (χ1) is 8.04. The Balaban J connectivity index is 2.44. The normalized spacial score (nSPS) is 22.9. The van der Waals surface area contributed by atoms with Gasteiger partial charge in [0.15, 0.2) is 0 Å². The fourth-order valence-electron chi connectivity index (χ4n) is 2.88. The molecule has 0 bridgehead atoms. The van der Waals surface area contributed by atoms with Crippen LogP contribution in [0.3, 0.4) is 0 Å². The topological polar surface area (TPSA) is 46.3 Å². The van der Waals surface area contributed by atoms with Crippen LogP contribution in [-0.2, 0) is 4.79 Å². The maximum absolute atomic E-state index is 12.2. The summed E-state index contributed by atoms with van der Waals surface area (Å²) in [6.45, 7) is 8.13. The maximum atomic E-state index is 12.2. The van der Waals surface area contributed by atoms with Crippen molar-refractivity contribution in [1.82, 2.24) is 4.90 Å². The number of hydrogen-bond acceptors (Lipinski definition) is 2. The largest absolute Gasteiger partial charge is 0.338 e. The summed E-state index contributed by atoms with van der Waals surface area (Å²) in [5.74, 6) is 1.47. The van der Waals surface area contributed by atoms with E-state index in [1.165, 1.54) is 6.42 Å². The molecule has 3 nitrogen and oxygen atoms in total. The Hall–Kier alpha value is -0.570. The lowest BCUT2D eigenvalue weighted by molar-refractivity contribution is -0.135. The number of carbonyl (C=O) groups excluding carboxylic acids is 1. The third-order valence-electron chi connectivity index (χ3n) is 3.62. The van der Waals surface area contributed by atoms with Crippen molar-refractivity contribution in [2.75, 3.05) is 13.1 Å². The van der Waals surface area contributed by atoms with Gasteiger partial charge in [0.25, 0.3) is 0 Å². The zero-order chi connectivity index (χ0) is 12.8. The van der Waals surface area contributed by atoms with E-state index in [1.807, 2.05) is 4.90 Å². The number of amides is 1. The lowest BCUT2D eigenvalue weighted by atomic mass is 9.94. The number of likely N-dealkylation sites (tertiary alicyclic amines) is 1. The van der Waals surface area contributed by atoms with Crippen LogP contribution in [0.1, 0.15) is 52.9 Å². The first kappa shape index (κ1) is 14.5.